The first kappa shape index (κ1) is 6.33. The number of nitrogens with zero attached hydrogens (tertiary/aromatic N) is 2. The minimum absolute atomic E-state index is 0.132. The molecule has 5 nitrogen and oxygen atoms in total. The lowest BCUT2D eigenvalue weighted by atomic mass is 10.3. The van der Waals surface area contributed by atoms with Gasteiger partial charge in [-0.25, -0.2) is 0 Å². The molecule has 0 unspecified atom stereocenters. The minimum Gasteiger partial charge on any atom is -0.278 e. The second kappa shape index (κ2) is 2.05. The Balaban J connectivity index is 2.37. The predicted molar refractivity (Wildman–Crippen MR) is 37.2 cm³/mol. The van der Waals surface area contributed by atoms with Crippen molar-refractivity contribution >= 4 is 5.69 Å². The van der Waals surface area contributed by atoms with Crippen molar-refractivity contribution in [2.24, 2.45) is 0 Å². The summed E-state index contributed by atoms with van der Waals surface area (Å²) < 4.78 is 0. The largest absolute Gasteiger partial charge is 0.310 e. The van der Waals surface area contributed by atoms with Crippen molar-refractivity contribution in [2.45, 2.75) is 18.8 Å². The van der Waals surface area contributed by atoms with Gasteiger partial charge in [-0.15, -0.1) is 0 Å². The van der Waals surface area contributed by atoms with E-state index >= 15 is 0 Å². The second-order valence-corrected chi connectivity index (χ2v) is 2.69. The summed E-state index contributed by atoms with van der Waals surface area (Å²) in [7, 11) is 0. The highest BCUT2D eigenvalue weighted by Gasteiger charge is 2.32. The van der Waals surface area contributed by atoms with Gasteiger partial charge < -0.3 is 0 Å². The van der Waals surface area contributed by atoms with Crippen molar-refractivity contribution in [2.75, 3.05) is 0 Å². The van der Waals surface area contributed by atoms with E-state index < -0.39 is 4.92 Å². The molecule has 2 rings (SSSR count). The van der Waals surface area contributed by atoms with Crippen molar-refractivity contribution in [3.63, 3.8) is 0 Å². The van der Waals surface area contributed by atoms with Crippen molar-refractivity contribution in [3.05, 3.63) is 22.0 Å². The average Bonchev–Trinajstić information content (AvgIpc) is 2.68. The Labute approximate surface area is 62.6 Å². The lowest BCUT2D eigenvalue weighted by Gasteiger charge is -1.87. The van der Waals surface area contributed by atoms with Crippen LogP contribution in [0.4, 0.5) is 5.69 Å². The number of nitrogens with one attached hydrogen (secondary N) is 1. The van der Waals surface area contributed by atoms with Gasteiger partial charge >= 0.3 is 5.69 Å². The van der Waals surface area contributed by atoms with Gasteiger partial charge in [0, 0.05) is 5.92 Å². The van der Waals surface area contributed by atoms with Gasteiger partial charge in [-0.2, -0.15) is 5.10 Å². The Kier molecular flexibility index (Phi) is 1.18. The van der Waals surface area contributed by atoms with Gasteiger partial charge in [0.1, 0.15) is 5.69 Å². The highest BCUT2D eigenvalue weighted by atomic mass is 16.6. The van der Waals surface area contributed by atoms with Gasteiger partial charge in [0.25, 0.3) is 0 Å². The van der Waals surface area contributed by atoms with Gasteiger partial charge in [-0.05, 0) is 12.8 Å². The molecule has 1 aliphatic carbocycles. The Bertz CT molecular complexity index is 290. The van der Waals surface area contributed by atoms with Crippen LogP contribution < -0.4 is 0 Å². The molecule has 1 saturated carbocycles. The lowest BCUT2D eigenvalue weighted by molar-refractivity contribution is -0.385. The molecule has 5 heteroatoms. The average molecular weight is 153 g/mol. The van der Waals surface area contributed by atoms with E-state index in [1.807, 2.05) is 0 Å². The second-order valence-electron chi connectivity index (χ2n) is 2.69. The van der Waals surface area contributed by atoms with E-state index in [9.17, 15) is 10.1 Å². The normalized spacial score (nSPS) is 16.7. The summed E-state index contributed by atoms with van der Waals surface area (Å²) in [6, 6.07) is 0. The molecule has 1 aromatic rings. The van der Waals surface area contributed by atoms with Gasteiger partial charge in [-0.3, -0.25) is 15.2 Å². The topological polar surface area (TPSA) is 71.8 Å². The number of hydrogen-bond donors (Lipinski definition) is 1. The Morgan fingerprint density at radius 2 is 2.45 bits per heavy atom. The summed E-state index contributed by atoms with van der Waals surface area (Å²) in [4.78, 5) is 9.97. The smallest absolute Gasteiger partial charge is 0.278 e. The quantitative estimate of drug-likeness (QED) is 0.512. The van der Waals surface area contributed by atoms with Crippen LogP contribution in [0.15, 0.2) is 6.20 Å². The van der Waals surface area contributed by atoms with Crippen LogP contribution in [0.2, 0.25) is 0 Å². The van der Waals surface area contributed by atoms with E-state index in [2.05, 4.69) is 10.2 Å². The number of aromatic amines is 1. The first-order valence-electron chi connectivity index (χ1n) is 3.47. The Morgan fingerprint density at radius 1 is 1.73 bits per heavy atom. The number of nitro groups is 1. The summed E-state index contributed by atoms with van der Waals surface area (Å²) in [6.07, 6.45) is 3.41. The molecule has 1 N–H and O–H groups in total. The molecule has 0 aromatic carbocycles. The van der Waals surface area contributed by atoms with Crippen molar-refractivity contribution in [3.8, 4) is 0 Å². The molecule has 0 spiro atoms. The van der Waals surface area contributed by atoms with Crippen molar-refractivity contribution in [1.82, 2.24) is 10.2 Å². The van der Waals surface area contributed by atoms with Crippen LogP contribution in [0.1, 0.15) is 24.5 Å². The molecule has 58 valence electrons. The zero-order valence-corrected chi connectivity index (χ0v) is 5.78. The fraction of sp³-hybridized carbons (Fsp3) is 0.500. The lowest BCUT2D eigenvalue weighted by Crippen LogP contribution is -1.90. The molecular weight excluding hydrogens is 146 g/mol. The predicted octanol–water partition coefficient (Wildman–Crippen LogP) is 1.20. The van der Waals surface area contributed by atoms with Crippen molar-refractivity contribution < 1.29 is 4.92 Å². The highest BCUT2D eigenvalue weighted by molar-refractivity contribution is 5.36. The molecule has 0 amide bonds. The Hall–Kier alpha value is -1.39. The number of H-pyrrole nitrogens is 1. The number of hydrogen-bond acceptors (Lipinski definition) is 3. The van der Waals surface area contributed by atoms with E-state index in [-0.39, 0.29) is 5.69 Å². The maximum Gasteiger partial charge on any atom is 0.310 e. The first-order valence-corrected chi connectivity index (χ1v) is 3.47. The molecule has 1 aromatic heterocycles. The minimum atomic E-state index is -0.392. The van der Waals surface area contributed by atoms with Gasteiger partial charge in [-0.1, -0.05) is 0 Å². The van der Waals surface area contributed by atoms with Gasteiger partial charge in [0.15, 0.2) is 0 Å². The summed E-state index contributed by atoms with van der Waals surface area (Å²) >= 11 is 0. The SMILES string of the molecule is O=[N+]([O-])c1c[nH]nc1C1CC1. The van der Waals surface area contributed by atoms with Crippen LogP contribution in [0, 0.1) is 10.1 Å². The standard InChI is InChI=1S/C6H7N3O2/c10-9(11)5-3-7-8-6(5)4-1-2-4/h3-4H,1-2H2,(H,7,8). The van der Waals surface area contributed by atoms with E-state index in [1.165, 1.54) is 6.20 Å². The van der Waals surface area contributed by atoms with Gasteiger partial charge in [0.2, 0.25) is 0 Å². The molecule has 0 bridgehead atoms. The maximum atomic E-state index is 10.4. The zero-order chi connectivity index (χ0) is 7.84. The summed E-state index contributed by atoms with van der Waals surface area (Å²) in [6.45, 7) is 0. The molecule has 0 aliphatic heterocycles. The number of rotatable bonds is 2. The third-order valence-corrected chi connectivity index (χ3v) is 1.81. The van der Waals surface area contributed by atoms with Crippen LogP contribution in [0.5, 0.6) is 0 Å². The van der Waals surface area contributed by atoms with Crippen LogP contribution in [-0.4, -0.2) is 15.1 Å². The maximum absolute atomic E-state index is 10.4. The summed E-state index contributed by atoms with van der Waals surface area (Å²) in [5.74, 6) is 0.335. The van der Waals surface area contributed by atoms with E-state index in [4.69, 9.17) is 0 Å². The van der Waals surface area contributed by atoms with Crippen LogP contribution in [0.25, 0.3) is 0 Å². The third-order valence-electron chi connectivity index (χ3n) is 1.81. The van der Waals surface area contributed by atoms with Gasteiger partial charge in [0.05, 0.1) is 11.1 Å². The van der Waals surface area contributed by atoms with E-state index in [1.54, 1.807) is 0 Å². The molecule has 0 atom stereocenters. The fourth-order valence-corrected chi connectivity index (χ4v) is 1.10. The van der Waals surface area contributed by atoms with Crippen LogP contribution in [0.3, 0.4) is 0 Å². The van der Waals surface area contributed by atoms with E-state index in [0.29, 0.717) is 11.6 Å². The number of aromatic nitrogens is 2. The third kappa shape index (κ3) is 0.978. The monoisotopic (exact) mass is 153 g/mol. The molecule has 1 heterocycles. The molecule has 0 saturated heterocycles. The molecule has 0 radical (unpaired) electrons. The zero-order valence-electron chi connectivity index (χ0n) is 5.78. The summed E-state index contributed by atoms with van der Waals surface area (Å²) in [5, 5.41) is 16.7. The molecule has 1 fully saturated rings. The fourth-order valence-electron chi connectivity index (χ4n) is 1.10. The molecule has 1 aliphatic rings. The molecular formula is C6H7N3O2. The van der Waals surface area contributed by atoms with Crippen LogP contribution in [-0.2, 0) is 0 Å². The summed E-state index contributed by atoms with van der Waals surface area (Å²) in [5.41, 5.74) is 0.752. The van der Waals surface area contributed by atoms with Crippen LogP contribution >= 0.6 is 0 Å². The highest BCUT2D eigenvalue weighted by Crippen LogP contribution is 2.42. The van der Waals surface area contributed by atoms with Crippen molar-refractivity contribution in [1.29, 1.82) is 0 Å². The molecule has 11 heavy (non-hydrogen) atoms. The Morgan fingerprint density at radius 3 is 3.00 bits per heavy atom. The van der Waals surface area contributed by atoms with E-state index in [0.717, 1.165) is 12.8 Å². The first-order chi connectivity index (χ1) is 5.29.